The number of hydrogen-bond donors (Lipinski definition) is 2. The zero-order valence-corrected chi connectivity index (χ0v) is 9.62. The summed E-state index contributed by atoms with van der Waals surface area (Å²) in [5.41, 5.74) is 0. The van der Waals surface area contributed by atoms with Crippen molar-refractivity contribution < 1.29 is 32.9 Å². The average Bonchev–Trinajstić information content (AvgIpc) is 2.78. The average molecular weight is 259 g/mol. The summed E-state index contributed by atoms with van der Waals surface area (Å²) in [7, 11) is 1.00. The van der Waals surface area contributed by atoms with Crippen molar-refractivity contribution >= 4 is 5.97 Å². The van der Waals surface area contributed by atoms with Crippen molar-refractivity contribution in [1.82, 2.24) is 0 Å². The molecule has 0 radical (unpaired) electrons. The third kappa shape index (κ3) is 25.2. The Hall–Kier alpha value is -1.33. The molecule has 1 rings (SSSR count). The standard InChI is InChI=1S/C4H8O.C2HF3O2.C2H3N.CH4O/c1-2-4-5-3-1;3-2(4,5)1(6)7;1-2-3;1-2/h1-4H2;(H,6,7);1H3;2H,1H3. The van der Waals surface area contributed by atoms with Gasteiger partial charge in [-0.05, 0) is 12.8 Å². The van der Waals surface area contributed by atoms with Crippen molar-refractivity contribution in [1.29, 1.82) is 5.26 Å². The third-order valence-corrected chi connectivity index (χ3v) is 1.07. The second kappa shape index (κ2) is 14.7. The number of aliphatic hydroxyl groups is 1. The summed E-state index contributed by atoms with van der Waals surface area (Å²) >= 11 is 0. The summed E-state index contributed by atoms with van der Waals surface area (Å²) in [6.07, 6.45) is -2.53. The van der Waals surface area contributed by atoms with Crippen LogP contribution in [-0.4, -0.2) is 42.7 Å². The minimum absolute atomic E-state index is 1.00. The van der Waals surface area contributed by atoms with E-state index in [0.29, 0.717) is 0 Å². The van der Waals surface area contributed by atoms with Gasteiger partial charge in [-0.25, -0.2) is 4.79 Å². The zero-order chi connectivity index (χ0) is 14.3. The molecule has 1 fully saturated rings. The summed E-state index contributed by atoms with van der Waals surface area (Å²) in [4.78, 5) is 8.90. The van der Waals surface area contributed by atoms with Crippen LogP contribution in [0.15, 0.2) is 0 Å². The van der Waals surface area contributed by atoms with Crippen LogP contribution in [0.1, 0.15) is 19.8 Å². The predicted molar refractivity (Wildman–Crippen MR) is 53.2 cm³/mol. The first kappa shape index (κ1) is 21.0. The Balaban J connectivity index is -0.000000172. The smallest absolute Gasteiger partial charge is 0.475 e. The van der Waals surface area contributed by atoms with Crippen molar-refractivity contribution in [3.8, 4) is 6.07 Å². The molecule has 0 aromatic heterocycles. The molecular formula is C9H16F3NO4. The highest BCUT2D eigenvalue weighted by Gasteiger charge is 2.38. The van der Waals surface area contributed by atoms with E-state index in [9.17, 15) is 13.2 Å². The Bertz CT molecular complexity index is 202. The molecule has 2 N–H and O–H groups in total. The molecule has 1 heterocycles. The molecule has 5 nitrogen and oxygen atoms in total. The number of rotatable bonds is 0. The number of ether oxygens (including phenoxy) is 1. The van der Waals surface area contributed by atoms with Gasteiger partial charge in [0.05, 0.1) is 6.07 Å². The van der Waals surface area contributed by atoms with Gasteiger partial charge in [0.2, 0.25) is 0 Å². The fourth-order valence-corrected chi connectivity index (χ4v) is 0.510. The van der Waals surface area contributed by atoms with Gasteiger partial charge in [0, 0.05) is 27.2 Å². The number of halogens is 3. The van der Waals surface area contributed by atoms with Crippen LogP contribution in [0.5, 0.6) is 0 Å². The molecule has 1 aliphatic heterocycles. The molecule has 0 unspecified atom stereocenters. The summed E-state index contributed by atoms with van der Waals surface area (Å²) in [6.45, 7) is 3.43. The van der Waals surface area contributed by atoms with Crippen LogP contribution in [0.2, 0.25) is 0 Å². The first-order chi connectivity index (χ1) is 7.86. The first-order valence-electron chi connectivity index (χ1n) is 4.49. The maximum atomic E-state index is 10.6. The van der Waals surface area contributed by atoms with Crippen molar-refractivity contribution in [3.63, 3.8) is 0 Å². The SMILES string of the molecule is C1CCOC1.CC#N.CO.O=C(O)C(F)(F)F. The number of nitrogens with zero attached hydrogens (tertiary/aromatic N) is 1. The van der Waals surface area contributed by atoms with Crippen LogP contribution in [0.3, 0.4) is 0 Å². The van der Waals surface area contributed by atoms with Gasteiger partial charge in [-0.2, -0.15) is 18.4 Å². The molecule has 0 aromatic carbocycles. The second-order valence-electron chi connectivity index (χ2n) is 2.35. The lowest BCUT2D eigenvalue weighted by atomic mass is 10.4. The van der Waals surface area contributed by atoms with Gasteiger partial charge in [0.25, 0.3) is 0 Å². The van der Waals surface area contributed by atoms with E-state index in [0.717, 1.165) is 20.3 Å². The largest absolute Gasteiger partial charge is 0.490 e. The molecule has 0 saturated carbocycles. The highest BCUT2D eigenvalue weighted by molar-refractivity contribution is 5.73. The quantitative estimate of drug-likeness (QED) is 0.689. The van der Waals surface area contributed by atoms with Crippen molar-refractivity contribution in [3.05, 3.63) is 0 Å². The molecule has 0 amide bonds. The number of aliphatic hydroxyl groups excluding tert-OH is 1. The van der Waals surface area contributed by atoms with Gasteiger partial charge < -0.3 is 14.9 Å². The van der Waals surface area contributed by atoms with Crippen molar-refractivity contribution in [2.45, 2.75) is 25.9 Å². The molecule has 17 heavy (non-hydrogen) atoms. The lowest BCUT2D eigenvalue weighted by Gasteiger charge is -1.93. The van der Waals surface area contributed by atoms with E-state index in [4.69, 9.17) is 25.0 Å². The van der Waals surface area contributed by atoms with Crippen LogP contribution in [-0.2, 0) is 9.53 Å². The molecule has 8 heteroatoms. The zero-order valence-electron chi connectivity index (χ0n) is 9.62. The number of hydrogen-bond acceptors (Lipinski definition) is 4. The van der Waals surface area contributed by atoms with Crippen LogP contribution in [0, 0.1) is 11.3 Å². The van der Waals surface area contributed by atoms with E-state index >= 15 is 0 Å². The molecule has 0 spiro atoms. The van der Waals surface area contributed by atoms with E-state index in [2.05, 4.69) is 0 Å². The maximum absolute atomic E-state index is 10.6. The van der Waals surface area contributed by atoms with Crippen LogP contribution < -0.4 is 0 Å². The van der Waals surface area contributed by atoms with Gasteiger partial charge in [-0.1, -0.05) is 0 Å². The fourth-order valence-electron chi connectivity index (χ4n) is 0.510. The van der Waals surface area contributed by atoms with E-state index in [1.165, 1.54) is 19.8 Å². The van der Waals surface area contributed by atoms with Crippen LogP contribution >= 0.6 is 0 Å². The Morgan fingerprint density at radius 1 is 1.29 bits per heavy atom. The van der Waals surface area contributed by atoms with Gasteiger partial charge in [-0.3, -0.25) is 0 Å². The van der Waals surface area contributed by atoms with Crippen LogP contribution in [0.4, 0.5) is 13.2 Å². The minimum atomic E-state index is -5.08. The van der Waals surface area contributed by atoms with Crippen LogP contribution in [0.25, 0.3) is 0 Å². The normalized spacial score (nSPS) is 12.5. The summed E-state index contributed by atoms with van der Waals surface area (Å²) in [5.74, 6) is -2.76. The van der Waals surface area contributed by atoms with Gasteiger partial charge >= 0.3 is 12.1 Å². The van der Waals surface area contributed by atoms with E-state index in [1.54, 1.807) is 6.07 Å². The topological polar surface area (TPSA) is 90.5 Å². The van der Waals surface area contributed by atoms with Crippen molar-refractivity contribution in [2.24, 2.45) is 0 Å². The molecular weight excluding hydrogens is 243 g/mol. The second-order valence-corrected chi connectivity index (χ2v) is 2.35. The number of carboxylic acid groups (broad SMARTS) is 1. The molecule has 1 saturated heterocycles. The van der Waals surface area contributed by atoms with Gasteiger partial charge in [0.15, 0.2) is 0 Å². The molecule has 0 aliphatic carbocycles. The molecule has 1 aliphatic rings. The number of aliphatic carboxylic acids is 1. The Morgan fingerprint density at radius 3 is 1.59 bits per heavy atom. The molecule has 0 atom stereocenters. The van der Waals surface area contributed by atoms with E-state index in [1.807, 2.05) is 0 Å². The maximum Gasteiger partial charge on any atom is 0.490 e. The summed E-state index contributed by atoms with van der Waals surface area (Å²) < 4.78 is 36.7. The predicted octanol–water partition coefficient (Wildman–Crippen LogP) is 1.57. The Kier molecular flexibility index (Phi) is 18.1. The fraction of sp³-hybridized carbons (Fsp3) is 0.778. The third-order valence-electron chi connectivity index (χ3n) is 1.07. The number of nitriles is 1. The molecule has 102 valence electrons. The van der Waals surface area contributed by atoms with E-state index < -0.39 is 12.1 Å². The van der Waals surface area contributed by atoms with Crippen molar-refractivity contribution in [2.75, 3.05) is 20.3 Å². The van der Waals surface area contributed by atoms with E-state index in [-0.39, 0.29) is 0 Å². The summed E-state index contributed by atoms with van der Waals surface area (Å²) in [5, 5.41) is 21.4. The highest BCUT2D eigenvalue weighted by atomic mass is 19.4. The minimum Gasteiger partial charge on any atom is -0.475 e. The monoisotopic (exact) mass is 259 g/mol. The highest BCUT2D eigenvalue weighted by Crippen LogP contribution is 2.13. The van der Waals surface area contributed by atoms with Gasteiger partial charge in [-0.15, -0.1) is 0 Å². The number of alkyl halides is 3. The number of carboxylic acids is 1. The Labute approximate surface area is 97.4 Å². The number of carbonyl (C=O) groups is 1. The first-order valence-corrected chi connectivity index (χ1v) is 4.49. The lowest BCUT2D eigenvalue weighted by Crippen LogP contribution is -2.21. The summed E-state index contributed by atoms with van der Waals surface area (Å²) in [6, 6.07) is 1.75. The lowest BCUT2D eigenvalue weighted by molar-refractivity contribution is -0.192. The Morgan fingerprint density at radius 2 is 1.53 bits per heavy atom. The molecule has 0 bridgehead atoms. The van der Waals surface area contributed by atoms with Gasteiger partial charge in [0.1, 0.15) is 0 Å². The molecule has 0 aromatic rings.